The van der Waals surface area contributed by atoms with Crippen molar-refractivity contribution in [1.82, 2.24) is 4.98 Å². The van der Waals surface area contributed by atoms with E-state index in [4.69, 9.17) is 16.3 Å². The fourth-order valence-corrected chi connectivity index (χ4v) is 4.32. The van der Waals surface area contributed by atoms with Gasteiger partial charge >= 0.3 is 6.09 Å². The second-order valence-electron chi connectivity index (χ2n) is 8.81. The van der Waals surface area contributed by atoms with Gasteiger partial charge in [-0.1, -0.05) is 67.9 Å². The number of carbonyl (C=O) groups excluding carboxylic acids is 2. The third-order valence-corrected chi connectivity index (χ3v) is 6.73. The SMILES string of the molecule is CC[C@@H](COC(=O)Nc1cc2ccccc2cn1)C(C)CCC(=O)CCCc1ccccc1Cl. The molecule has 3 rings (SSSR count). The normalized spacial score (nSPS) is 12.8. The molecule has 0 saturated heterocycles. The van der Waals surface area contributed by atoms with Gasteiger partial charge in [-0.15, -0.1) is 0 Å². The van der Waals surface area contributed by atoms with Crippen molar-refractivity contribution in [3.63, 3.8) is 0 Å². The Hall–Kier alpha value is -2.92. The molecule has 1 amide bonds. The van der Waals surface area contributed by atoms with Gasteiger partial charge in [0.15, 0.2) is 0 Å². The number of hydrogen-bond acceptors (Lipinski definition) is 4. The highest BCUT2D eigenvalue weighted by atomic mass is 35.5. The second-order valence-corrected chi connectivity index (χ2v) is 9.22. The largest absolute Gasteiger partial charge is 0.449 e. The maximum absolute atomic E-state index is 12.4. The van der Waals surface area contributed by atoms with Crippen LogP contribution in [0.3, 0.4) is 0 Å². The summed E-state index contributed by atoms with van der Waals surface area (Å²) in [4.78, 5) is 28.9. The Balaban J connectivity index is 1.37. The third-order valence-electron chi connectivity index (χ3n) is 6.36. The van der Waals surface area contributed by atoms with E-state index in [-0.39, 0.29) is 17.6 Å². The summed E-state index contributed by atoms with van der Waals surface area (Å²) in [5.41, 5.74) is 1.09. The number of aromatic nitrogens is 1. The fraction of sp³-hybridized carbons (Fsp3) is 0.393. The van der Waals surface area contributed by atoms with E-state index in [1.54, 1.807) is 6.20 Å². The topological polar surface area (TPSA) is 68.3 Å². The van der Waals surface area contributed by atoms with Gasteiger partial charge in [-0.2, -0.15) is 0 Å². The molecule has 0 aliphatic carbocycles. The Labute approximate surface area is 206 Å². The molecule has 1 heterocycles. The fourth-order valence-electron chi connectivity index (χ4n) is 4.09. The predicted octanol–water partition coefficient (Wildman–Crippen LogP) is 7.47. The first-order valence-corrected chi connectivity index (χ1v) is 12.4. The molecule has 2 atom stereocenters. The number of rotatable bonds is 12. The molecule has 180 valence electrons. The van der Waals surface area contributed by atoms with Gasteiger partial charge in [0.25, 0.3) is 0 Å². The van der Waals surface area contributed by atoms with Crippen LogP contribution in [0.25, 0.3) is 10.8 Å². The smallest absolute Gasteiger partial charge is 0.412 e. The molecule has 0 saturated carbocycles. The van der Waals surface area contributed by atoms with Crippen molar-refractivity contribution in [1.29, 1.82) is 0 Å². The number of hydrogen-bond donors (Lipinski definition) is 1. The number of nitrogens with zero attached hydrogens (tertiary/aromatic N) is 1. The molecule has 2 aromatic carbocycles. The average molecular weight is 481 g/mol. The minimum absolute atomic E-state index is 0.200. The third kappa shape index (κ3) is 7.84. The molecule has 0 radical (unpaired) electrons. The van der Waals surface area contributed by atoms with Crippen molar-refractivity contribution in [3.8, 4) is 0 Å². The Morgan fingerprint density at radius 1 is 1.06 bits per heavy atom. The average Bonchev–Trinajstić information content (AvgIpc) is 2.84. The first-order valence-electron chi connectivity index (χ1n) is 12.0. The van der Waals surface area contributed by atoms with Crippen LogP contribution in [0, 0.1) is 11.8 Å². The number of anilines is 1. The lowest BCUT2D eigenvalue weighted by molar-refractivity contribution is -0.119. The van der Waals surface area contributed by atoms with E-state index in [2.05, 4.69) is 24.1 Å². The second kappa shape index (κ2) is 13.1. The maximum Gasteiger partial charge on any atom is 0.412 e. The van der Waals surface area contributed by atoms with Crippen LogP contribution in [-0.2, 0) is 16.0 Å². The molecule has 1 unspecified atom stereocenters. The number of ketones is 1. The summed E-state index contributed by atoms with van der Waals surface area (Å²) in [5.74, 6) is 1.22. The van der Waals surface area contributed by atoms with Gasteiger partial charge in [-0.05, 0) is 60.6 Å². The lowest BCUT2D eigenvalue weighted by atomic mass is 9.87. The molecule has 5 nitrogen and oxygen atoms in total. The number of aryl methyl sites for hydroxylation is 1. The highest BCUT2D eigenvalue weighted by Crippen LogP contribution is 2.23. The van der Waals surface area contributed by atoms with Gasteiger partial charge < -0.3 is 4.74 Å². The highest BCUT2D eigenvalue weighted by Gasteiger charge is 2.19. The Bertz CT molecular complexity index is 1100. The summed E-state index contributed by atoms with van der Waals surface area (Å²) in [6.45, 7) is 4.52. The zero-order valence-corrected chi connectivity index (χ0v) is 20.7. The predicted molar refractivity (Wildman–Crippen MR) is 138 cm³/mol. The number of fused-ring (bicyclic) bond motifs is 1. The molecular formula is C28H33ClN2O3. The standard InChI is InChI=1S/C28H33ClN2O3/c1-3-21(19-34-28(33)31-27-17-23-10-4-5-11-24(23)18-30-27)20(2)15-16-25(32)13-8-12-22-9-6-7-14-26(22)29/h4-7,9-11,14,17-18,20-21H,3,8,12-13,15-16,19H2,1-2H3,(H,30,31,33)/t20?,21-/m0/s1. The molecule has 1 aromatic heterocycles. The zero-order valence-electron chi connectivity index (χ0n) is 19.9. The summed E-state index contributed by atoms with van der Waals surface area (Å²) < 4.78 is 5.48. The van der Waals surface area contributed by atoms with E-state index in [1.165, 1.54) is 0 Å². The van der Waals surface area contributed by atoms with Crippen molar-refractivity contribution in [2.75, 3.05) is 11.9 Å². The lowest BCUT2D eigenvalue weighted by Crippen LogP contribution is -2.23. The maximum atomic E-state index is 12.4. The van der Waals surface area contributed by atoms with Gasteiger partial charge in [0.1, 0.15) is 11.6 Å². The number of pyridine rings is 1. The minimum Gasteiger partial charge on any atom is -0.449 e. The Morgan fingerprint density at radius 2 is 1.79 bits per heavy atom. The minimum atomic E-state index is -0.510. The summed E-state index contributed by atoms with van der Waals surface area (Å²) in [6.07, 6.45) is 5.62. The zero-order chi connectivity index (χ0) is 24.3. The number of nitrogens with one attached hydrogen (secondary N) is 1. The summed E-state index contributed by atoms with van der Waals surface area (Å²) in [7, 11) is 0. The van der Waals surface area contributed by atoms with Crippen molar-refractivity contribution in [2.24, 2.45) is 11.8 Å². The molecule has 0 fully saturated rings. The van der Waals surface area contributed by atoms with Crippen molar-refractivity contribution in [2.45, 2.75) is 52.4 Å². The Morgan fingerprint density at radius 3 is 2.56 bits per heavy atom. The monoisotopic (exact) mass is 480 g/mol. The van der Waals surface area contributed by atoms with Crippen molar-refractivity contribution >= 4 is 40.1 Å². The number of benzene rings is 2. The van der Waals surface area contributed by atoms with E-state index >= 15 is 0 Å². The summed E-state index contributed by atoms with van der Waals surface area (Å²) in [5, 5.41) is 5.48. The van der Waals surface area contributed by atoms with E-state index in [0.29, 0.717) is 25.3 Å². The lowest BCUT2D eigenvalue weighted by Gasteiger charge is -2.22. The van der Waals surface area contributed by atoms with Crippen LogP contribution in [0.15, 0.2) is 60.8 Å². The van der Waals surface area contributed by atoms with Gasteiger partial charge in [-0.25, -0.2) is 9.78 Å². The van der Waals surface area contributed by atoms with Crippen LogP contribution < -0.4 is 5.32 Å². The summed E-state index contributed by atoms with van der Waals surface area (Å²) in [6, 6.07) is 17.4. The van der Waals surface area contributed by atoms with Crippen molar-refractivity contribution in [3.05, 3.63) is 71.4 Å². The van der Waals surface area contributed by atoms with Crippen LogP contribution in [0.1, 0.15) is 51.5 Å². The number of Topliss-reactive ketones (excluding diaryl/α,β-unsaturated/α-hetero) is 1. The van der Waals surface area contributed by atoms with Crippen LogP contribution in [0.4, 0.5) is 10.6 Å². The number of amides is 1. The van der Waals surface area contributed by atoms with E-state index in [1.807, 2.05) is 54.6 Å². The van der Waals surface area contributed by atoms with Crippen LogP contribution in [0.2, 0.25) is 5.02 Å². The molecule has 0 aliphatic heterocycles. The first-order chi connectivity index (χ1) is 16.5. The molecule has 34 heavy (non-hydrogen) atoms. The highest BCUT2D eigenvalue weighted by molar-refractivity contribution is 6.31. The van der Waals surface area contributed by atoms with Gasteiger partial charge in [0.2, 0.25) is 0 Å². The molecular weight excluding hydrogens is 448 g/mol. The van der Waals surface area contributed by atoms with Crippen LogP contribution >= 0.6 is 11.6 Å². The van der Waals surface area contributed by atoms with Crippen LogP contribution in [-0.4, -0.2) is 23.5 Å². The molecule has 0 aliphatic rings. The molecule has 0 spiro atoms. The number of carbonyl (C=O) groups is 2. The molecule has 1 N–H and O–H groups in total. The van der Waals surface area contributed by atoms with E-state index < -0.39 is 6.09 Å². The first kappa shape index (κ1) is 25.7. The number of halogens is 1. The number of ether oxygens (including phenoxy) is 1. The van der Waals surface area contributed by atoms with Gasteiger partial charge in [-0.3, -0.25) is 10.1 Å². The summed E-state index contributed by atoms with van der Waals surface area (Å²) >= 11 is 6.18. The van der Waals surface area contributed by atoms with Gasteiger partial charge in [0, 0.05) is 29.4 Å². The van der Waals surface area contributed by atoms with Gasteiger partial charge in [0.05, 0.1) is 6.61 Å². The van der Waals surface area contributed by atoms with E-state index in [9.17, 15) is 9.59 Å². The van der Waals surface area contributed by atoms with E-state index in [0.717, 1.165) is 47.0 Å². The quantitative estimate of drug-likeness (QED) is 0.292. The molecule has 6 heteroatoms. The molecule has 3 aromatic rings. The van der Waals surface area contributed by atoms with Crippen LogP contribution in [0.5, 0.6) is 0 Å². The molecule has 0 bridgehead atoms. The van der Waals surface area contributed by atoms with Crippen molar-refractivity contribution < 1.29 is 14.3 Å². The Kier molecular flexibility index (Phi) is 9.89.